The van der Waals surface area contributed by atoms with Crippen LogP contribution in [0.5, 0.6) is 0 Å². The summed E-state index contributed by atoms with van der Waals surface area (Å²) in [4.78, 5) is 38.3. The molecule has 11 heteroatoms. The summed E-state index contributed by atoms with van der Waals surface area (Å²) in [6.07, 6.45) is -0.0749. The van der Waals surface area contributed by atoms with Gasteiger partial charge in [-0.05, 0) is 17.2 Å². The number of β-lactam (4-membered cyclic amide) rings is 1. The van der Waals surface area contributed by atoms with Gasteiger partial charge in [0, 0.05) is 23.6 Å². The van der Waals surface area contributed by atoms with Crippen LogP contribution in [0.4, 0.5) is 0 Å². The molecule has 1 aromatic carbocycles. The molecule has 166 valence electrons. The summed E-state index contributed by atoms with van der Waals surface area (Å²) in [5.41, 5.74) is 0.802. The van der Waals surface area contributed by atoms with Gasteiger partial charge in [-0.3, -0.25) is 14.5 Å². The number of carboxylic acid groups (broad SMARTS) is 1. The SMILES string of the molecule is O=C(O)C1=C(CSc2cccc[n+]2[O-])CSC2C(NC(=O)C(O)c3ccccc3)C(=O)N12. The maximum Gasteiger partial charge on any atom is 0.352 e. The van der Waals surface area contributed by atoms with Gasteiger partial charge in [0.1, 0.15) is 17.1 Å². The predicted octanol–water partition coefficient (Wildman–Crippen LogP) is 0.884. The lowest BCUT2D eigenvalue weighted by Crippen LogP contribution is -2.70. The zero-order chi connectivity index (χ0) is 22.8. The first-order valence-corrected chi connectivity index (χ1v) is 11.7. The first-order valence-electron chi connectivity index (χ1n) is 9.63. The highest BCUT2D eigenvalue weighted by Crippen LogP contribution is 2.41. The van der Waals surface area contributed by atoms with Gasteiger partial charge >= 0.3 is 5.97 Å². The maximum absolute atomic E-state index is 12.7. The third kappa shape index (κ3) is 4.18. The third-order valence-electron chi connectivity index (χ3n) is 5.09. The molecule has 1 saturated heterocycles. The molecular weight excluding hydrogens is 454 g/mol. The highest BCUT2D eigenvalue weighted by atomic mass is 32.2. The van der Waals surface area contributed by atoms with E-state index in [1.54, 1.807) is 48.5 Å². The van der Waals surface area contributed by atoms with E-state index in [4.69, 9.17) is 0 Å². The summed E-state index contributed by atoms with van der Waals surface area (Å²) in [7, 11) is 0. The molecule has 0 saturated carbocycles. The van der Waals surface area contributed by atoms with Crippen molar-refractivity contribution in [2.75, 3.05) is 11.5 Å². The van der Waals surface area contributed by atoms with Crippen LogP contribution in [0.1, 0.15) is 11.7 Å². The van der Waals surface area contributed by atoms with Crippen LogP contribution in [0.2, 0.25) is 0 Å². The number of carboxylic acids is 1. The molecule has 9 nitrogen and oxygen atoms in total. The number of carbonyl (C=O) groups is 3. The molecule has 3 N–H and O–H groups in total. The topological polar surface area (TPSA) is 134 Å². The third-order valence-corrected chi connectivity index (χ3v) is 7.54. The molecule has 3 atom stereocenters. The van der Waals surface area contributed by atoms with Crippen LogP contribution < -0.4 is 10.0 Å². The number of nitrogens with one attached hydrogen (secondary N) is 1. The maximum atomic E-state index is 12.7. The minimum absolute atomic E-state index is 0.117. The van der Waals surface area contributed by atoms with Gasteiger partial charge in [0.2, 0.25) is 0 Å². The summed E-state index contributed by atoms with van der Waals surface area (Å²) >= 11 is 2.52. The van der Waals surface area contributed by atoms with E-state index in [9.17, 15) is 29.8 Å². The number of nitrogens with zero attached hydrogens (tertiary/aromatic N) is 2. The molecule has 2 aromatic rings. The van der Waals surface area contributed by atoms with Crippen molar-refractivity contribution < 1.29 is 29.3 Å². The second-order valence-corrected chi connectivity index (χ2v) is 9.22. The zero-order valence-corrected chi connectivity index (χ0v) is 18.2. The monoisotopic (exact) mass is 473 g/mol. The second kappa shape index (κ2) is 9.23. The van der Waals surface area contributed by atoms with E-state index in [-0.39, 0.29) is 11.4 Å². The number of pyridine rings is 1. The van der Waals surface area contributed by atoms with Crippen LogP contribution in [-0.4, -0.2) is 55.8 Å². The highest BCUT2D eigenvalue weighted by Gasteiger charge is 2.54. The molecule has 4 rings (SSSR count). The molecule has 2 aliphatic rings. The van der Waals surface area contributed by atoms with Gasteiger partial charge in [-0.1, -0.05) is 42.1 Å². The fourth-order valence-electron chi connectivity index (χ4n) is 3.50. The van der Waals surface area contributed by atoms with Crippen molar-refractivity contribution in [3.63, 3.8) is 0 Å². The van der Waals surface area contributed by atoms with E-state index in [0.29, 0.717) is 26.6 Å². The lowest BCUT2D eigenvalue weighted by Gasteiger charge is -2.49. The largest absolute Gasteiger partial charge is 0.618 e. The van der Waals surface area contributed by atoms with Crippen LogP contribution >= 0.6 is 23.5 Å². The summed E-state index contributed by atoms with van der Waals surface area (Å²) in [5, 5.41) is 34.2. The average molecular weight is 474 g/mol. The number of hydrogen-bond acceptors (Lipinski definition) is 7. The van der Waals surface area contributed by atoms with Crippen molar-refractivity contribution in [1.29, 1.82) is 0 Å². The molecule has 0 radical (unpaired) electrons. The van der Waals surface area contributed by atoms with Gasteiger partial charge in [-0.15, -0.1) is 11.8 Å². The first kappa shape index (κ1) is 22.2. The number of aromatic nitrogens is 1. The number of carbonyl (C=O) groups excluding carboxylic acids is 2. The van der Waals surface area contributed by atoms with E-state index < -0.39 is 35.3 Å². The number of aliphatic hydroxyl groups is 1. The Morgan fingerprint density at radius 2 is 1.97 bits per heavy atom. The second-order valence-electron chi connectivity index (χ2n) is 7.12. The number of hydrogen-bond donors (Lipinski definition) is 3. The quantitative estimate of drug-likeness (QED) is 0.234. The lowest BCUT2D eigenvalue weighted by atomic mass is 10.0. The Kier molecular flexibility index (Phi) is 6.40. The molecule has 0 bridgehead atoms. The number of fused-ring (bicyclic) bond motifs is 1. The number of aliphatic carboxylic acids is 1. The Hall–Kier alpha value is -3.02. The number of benzene rings is 1. The van der Waals surface area contributed by atoms with Gasteiger partial charge in [0.15, 0.2) is 12.3 Å². The molecule has 32 heavy (non-hydrogen) atoms. The van der Waals surface area contributed by atoms with Gasteiger partial charge in [-0.2, -0.15) is 4.73 Å². The van der Waals surface area contributed by atoms with E-state index in [0.717, 1.165) is 0 Å². The average Bonchev–Trinajstić information content (AvgIpc) is 2.81. The Balaban J connectivity index is 1.47. The lowest BCUT2D eigenvalue weighted by molar-refractivity contribution is -0.645. The van der Waals surface area contributed by atoms with Crippen molar-refractivity contribution in [1.82, 2.24) is 10.2 Å². The van der Waals surface area contributed by atoms with E-state index in [2.05, 4.69) is 5.32 Å². The zero-order valence-electron chi connectivity index (χ0n) is 16.6. The van der Waals surface area contributed by atoms with Crippen LogP contribution in [0, 0.1) is 5.21 Å². The molecule has 0 aliphatic carbocycles. The van der Waals surface area contributed by atoms with Crippen molar-refractivity contribution in [3.8, 4) is 0 Å². The summed E-state index contributed by atoms with van der Waals surface area (Å²) < 4.78 is 0.697. The van der Waals surface area contributed by atoms with Crippen LogP contribution in [0.25, 0.3) is 0 Å². The fraction of sp³-hybridized carbons (Fsp3) is 0.238. The number of aliphatic hydroxyl groups excluding tert-OH is 1. The van der Waals surface area contributed by atoms with Gasteiger partial charge < -0.3 is 20.7 Å². The first-order chi connectivity index (χ1) is 15.4. The molecule has 0 spiro atoms. The predicted molar refractivity (Wildman–Crippen MR) is 117 cm³/mol. The standard InChI is InChI=1S/C21H19N3O6S2/c25-17(12-6-2-1-3-7-12)18(26)22-15-19(27)24-16(21(28)29)13(11-32-20(15)24)10-31-14-8-4-5-9-23(14)30/h1-9,15,17,20,25H,10-11H2,(H,22,26)(H,28,29). The Morgan fingerprint density at radius 3 is 2.66 bits per heavy atom. The summed E-state index contributed by atoms with van der Waals surface area (Å²) in [6, 6.07) is 12.3. The molecule has 3 heterocycles. The van der Waals surface area contributed by atoms with E-state index in [1.807, 2.05) is 0 Å². The van der Waals surface area contributed by atoms with Crippen molar-refractivity contribution in [2.24, 2.45) is 0 Å². The molecule has 1 fully saturated rings. The van der Waals surface area contributed by atoms with Crippen LogP contribution in [-0.2, 0) is 14.4 Å². The smallest absolute Gasteiger partial charge is 0.352 e. The Bertz CT molecular complexity index is 1090. The number of rotatable bonds is 7. The van der Waals surface area contributed by atoms with Crippen molar-refractivity contribution in [2.45, 2.75) is 22.5 Å². The van der Waals surface area contributed by atoms with Crippen molar-refractivity contribution >= 4 is 41.3 Å². The van der Waals surface area contributed by atoms with E-state index >= 15 is 0 Å². The van der Waals surface area contributed by atoms with Gasteiger partial charge in [0.25, 0.3) is 16.8 Å². The highest BCUT2D eigenvalue weighted by molar-refractivity contribution is 8.01. The minimum Gasteiger partial charge on any atom is -0.618 e. The van der Waals surface area contributed by atoms with Crippen LogP contribution in [0.15, 0.2) is 71.0 Å². The summed E-state index contributed by atoms with van der Waals surface area (Å²) in [5.74, 6) is -1.93. The van der Waals surface area contributed by atoms with Gasteiger partial charge in [0.05, 0.1) is 0 Å². The number of thioether (sulfide) groups is 2. The van der Waals surface area contributed by atoms with Crippen LogP contribution in [0.3, 0.4) is 0 Å². The fourth-order valence-corrected chi connectivity index (χ4v) is 5.90. The van der Waals surface area contributed by atoms with Gasteiger partial charge in [-0.25, -0.2) is 4.79 Å². The molecule has 1 aromatic heterocycles. The molecule has 2 aliphatic heterocycles. The summed E-state index contributed by atoms with van der Waals surface area (Å²) in [6.45, 7) is 0. The number of amides is 2. The molecule has 2 amide bonds. The van der Waals surface area contributed by atoms with E-state index in [1.165, 1.54) is 34.6 Å². The molecular formula is C21H19N3O6S2. The Labute approximate surface area is 191 Å². The normalized spacial score (nSPS) is 20.9. The van der Waals surface area contributed by atoms with Crippen molar-refractivity contribution in [3.05, 3.63) is 76.8 Å². The molecule has 3 unspecified atom stereocenters. The minimum atomic E-state index is -1.43. The Morgan fingerprint density at radius 1 is 1.25 bits per heavy atom.